The predicted octanol–water partition coefficient (Wildman–Crippen LogP) is 1.14. The van der Waals surface area contributed by atoms with Gasteiger partial charge in [0.05, 0.1) is 12.5 Å². The molecule has 0 fully saturated rings. The summed E-state index contributed by atoms with van der Waals surface area (Å²) in [5, 5.41) is 27.3. The van der Waals surface area contributed by atoms with E-state index in [9.17, 15) is 34.2 Å². The van der Waals surface area contributed by atoms with Gasteiger partial charge in [0.2, 0.25) is 17.7 Å². The van der Waals surface area contributed by atoms with Gasteiger partial charge in [-0.1, -0.05) is 52.3 Å². The van der Waals surface area contributed by atoms with Gasteiger partial charge < -0.3 is 36.9 Å². The number of carboxylic acid groups (broad SMARTS) is 2. The van der Waals surface area contributed by atoms with Gasteiger partial charge in [0.15, 0.2) is 0 Å². The van der Waals surface area contributed by atoms with Crippen LogP contribution < -0.4 is 21.7 Å². The first-order chi connectivity index (χ1) is 18.3. The SMILES string of the molecule is CCC(C)C(NC(=O)C(N)CC(C)C)C(=O)NC(CC(=O)O)C(=O)NC(Cc1c[nH]c2ccccc12)C(=O)O. The van der Waals surface area contributed by atoms with Crippen molar-refractivity contribution in [3.63, 3.8) is 0 Å². The minimum atomic E-state index is -1.58. The maximum absolute atomic E-state index is 13.2. The molecular weight excluding hydrogens is 506 g/mol. The average molecular weight is 546 g/mol. The fraction of sp³-hybridized carbons (Fsp3) is 0.519. The number of para-hydroxylation sites is 1. The molecule has 12 heteroatoms. The molecule has 2 aromatic rings. The number of hydrogen-bond acceptors (Lipinski definition) is 6. The van der Waals surface area contributed by atoms with Crippen molar-refractivity contribution in [2.75, 3.05) is 0 Å². The highest BCUT2D eigenvalue weighted by Gasteiger charge is 2.33. The summed E-state index contributed by atoms with van der Waals surface area (Å²) in [7, 11) is 0. The Bertz CT molecular complexity index is 1180. The Hall–Kier alpha value is -3.93. The van der Waals surface area contributed by atoms with Crippen molar-refractivity contribution < 1.29 is 34.2 Å². The highest BCUT2D eigenvalue weighted by molar-refractivity contribution is 5.96. The Kier molecular flexibility index (Phi) is 11.5. The maximum atomic E-state index is 13.2. The van der Waals surface area contributed by atoms with Gasteiger partial charge in [-0.2, -0.15) is 0 Å². The largest absolute Gasteiger partial charge is 0.481 e. The van der Waals surface area contributed by atoms with Crippen molar-refractivity contribution in [3.8, 4) is 0 Å². The molecule has 8 N–H and O–H groups in total. The van der Waals surface area contributed by atoms with Crippen LogP contribution in [-0.2, 0) is 30.4 Å². The van der Waals surface area contributed by atoms with Crippen LogP contribution in [0.2, 0.25) is 0 Å². The second kappa shape index (κ2) is 14.3. The Morgan fingerprint density at radius 3 is 2.15 bits per heavy atom. The van der Waals surface area contributed by atoms with E-state index in [1.54, 1.807) is 19.2 Å². The summed E-state index contributed by atoms with van der Waals surface area (Å²) in [5.74, 6) is -5.17. The minimum absolute atomic E-state index is 0.0713. The Balaban J connectivity index is 2.20. The lowest BCUT2D eigenvalue weighted by molar-refractivity contribution is -0.143. The summed E-state index contributed by atoms with van der Waals surface area (Å²) in [5.41, 5.74) is 7.40. The van der Waals surface area contributed by atoms with E-state index in [1.807, 2.05) is 39.0 Å². The lowest BCUT2D eigenvalue weighted by Gasteiger charge is -2.27. The van der Waals surface area contributed by atoms with Crippen molar-refractivity contribution in [3.05, 3.63) is 36.0 Å². The zero-order valence-electron chi connectivity index (χ0n) is 22.7. The normalized spacial score (nSPS) is 15.1. The standard InChI is InChI=1S/C27H39N5O7/c1-5-15(4)23(32-24(35)18(28)10-14(2)3)26(37)30-20(12-22(33)34)25(36)31-21(27(38)39)11-16-13-29-19-9-7-6-8-17(16)19/h6-9,13-15,18,20-21,23,29H,5,10-12,28H2,1-4H3,(H,30,37)(H,31,36)(H,32,35)(H,33,34)(H,38,39). The molecule has 0 spiro atoms. The minimum Gasteiger partial charge on any atom is -0.481 e. The van der Waals surface area contributed by atoms with Crippen molar-refractivity contribution >= 4 is 40.6 Å². The van der Waals surface area contributed by atoms with Gasteiger partial charge >= 0.3 is 11.9 Å². The molecular formula is C27H39N5O7. The van der Waals surface area contributed by atoms with Crippen LogP contribution in [0.4, 0.5) is 0 Å². The molecule has 1 heterocycles. The highest BCUT2D eigenvalue weighted by atomic mass is 16.4. The molecule has 12 nitrogen and oxygen atoms in total. The zero-order chi connectivity index (χ0) is 29.3. The van der Waals surface area contributed by atoms with E-state index in [0.29, 0.717) is 18.4 Å². The number of benzene rings is 1. The number of nitrogens with two attached hydrogens (primary N) is 1. The Morgan fingerprint density at radius 2 is 1.56 bits per heavy atom. The number of aliphatic carboxylic acids is 2. The third kappa shape index (κ3) is 9.10. The topological polar surface area (TPSA) is 204 Å². The van der Waals surface area contributed by atoms with Crippen LogP contribution in [0.3, 0.4) is 0 Å². The Labute approximate surface area is 227 Å². The van der Waals surface area contributed by atoms with Crippen LogP contribution in [0.5, 0.6) is 0 Å². The van der Waals surface area contributed by atoms with Crippen LogP contribution in [0.25, 0.3) is 10.9 Å². The van der Waals surface area contributed by atoms with Gasteiger partial charge in [0, 0.05) is 23.5 Å². The molecule has 0 radical (unpaired) electrons. The average Bonchev–Trinajstić information content (AvgIpc) is 3.27. The lowest BCUT2D eigenvalue weighted by atomic mass is 9.96. The lowest BCUT2D eigenvalue weighted by Crippen LogP contribution is -2.59. The summed E-state index contributed by atoms with van der Waals surface area (Å²) < 4.78 is 0. The first kappa shape index (κ1) is 31.3. The van der Waals surface area contributed by atoms with E-state index < -0.39 is 60.2 Å². The second-order valence-corrected chi connectivity index (χ2v) is 10.2. The van der Waals surface area contributed by atoms with E-state index in [0.717, 1.165) is 10.9 Å². The van der Waals surface area contributed by atoms with Gasteiger partial charge in [0.25, 0.3) is 0 Å². The molecule has 0 aliphatic heterocycles. The molecule has 1 aromatic carbocycles. The van der Waals surface area contributed by atoms with E-state index in [2.05, 4.69) is 20.9 Å². The van der Waals surface area contributed by atoms with Gasteiger partial charge in [-0.3, -0.25) is 19.2 Å². The Morgan fingerprint density at radius 1 is 0.923 bits per heavy atom. The predicted molar refractivity (Wildman–Crippen MR) is 145 cm³/mol. The van der Waals surface area contributed by atoms with E-state index in [1.165, 1.54) is 0 Å². The number of carbonyl (C=O) groups excluding carboxylic acids is 3. The number of H-pyrrole nitrogens is 1. The van der Waals surface area contributed by atoms with Crippen LogP contribution in [-0.4, -0.2) is 69.0 Å². The first-order valence-electron chi connectivity index (χ1n) is 13.0. The number of amides is 3. The molecule has 2 rings (SSSR count). The smallest absolute Gasteiger partial charge is 0.326 e. The molecule has 0 aliphatic carbocycles. The molecule has 214 valence electrons. The second-order valence-electron chi connectivity index (χ2n) is 10.2. The van der Waals surface area contributed by atoms with Crippen LogP contribution in [0.1, 0.15) is 52.5 Å². The summed E-state index contributed by atoms with van der Waals surface area (Å²) >= 11 is 0. The third-order valence-electron chi connectivity index (χ3n) is 6.58. The van der Waals surface area contributed by atoms with Crippen molar-refractivity contribution in [1.29, 1.82) is 0 Å². The number of aromatic nitrogens is 1. The molecule has 0 saturated carbocycles. The fourth-order valence-corrected chi connectivity index (χ4v) is 4.22. The first-order valence-corrected chi connectivity index (χ1v) is 13.0. The van der Waals surface area contributed by atoms with E-state index >= 15 is 0 Å². The number of carbonyl (C=O) groups is 5. The van der Waals surface area contributed by atoms with Crippen molar-refractivity contribution in [2.24, 2.45) is 17.6 Å². The fourth-order valence-electron chi connectivity index (χ4n) is 4.22. The van der Waals surface area contributed by atoms with Gasteiger partial charge in [-0.05, 0) is 29.9 Å². The van der Waals surface area contributed by atoms with Gasteiger partial charge in [0.1, 0.15) is 18.1 Å². The molecule has 39 heavy (non-hydrogen) atoms. The van der Waals surface area contributed by atoms with Crippen LogP contribution >= 0.6 is 0 Å². The maximum Gasteiger partial charge on any atom is 0.326 e. The molecule has 0 saturated heterocycles. The molecule has 0 aliphatic rings. The quantitative estimate of drug-likeness (QED) is 0.172. The number of carboxylic acids is 2. The summed E-state index contributed by atoms with van der Waals surface area (Å²) in [6.45, 7) is 7.36. The number of rotatable bonds is 15. The van der Waals surface area contributed by atoms with E-state index in [4.69, 9.17) is 5.73 Å². The van der Waals surface area contributed by atoms with Crippen LogP contribution in [0, 0.1) is 11.8 Å². The van der Waals surface area contributed by atoms with E-state index in [-0.39, 0.29) is 18.3 Å². The number of nitrogens with one attached hydrogen (secondary N) is 4. The monoisotopic (exact) mass is 545 g/mol. The number of fused-ring (bicyclic) bond motifs is 1. The molecule has 3 amide bonds. The molecule has 1 aromatic heterocycles. The third-order valence-corrected chi connectivity index (χ3v) is 6.58. The molecule has 0 bridgehead atoms. The van der Waals surface area contributed by atoms with Crippen molar-refractivity contribution in [2.45, 2.75) is 77.5 Å². The zero-order valence-corrected chi connectivity index (χ0v) is 22.7. The highest BCUT2D eigenvalue weighted by Crippen LogP contribution is 2.19. The van der Waals surface area contributed by atoms with Crippen molar-refractivity contribution in [1.82, 2.24) is 20.9 Å². The van der Waals surface area contributed by atoms with Crippen LogP contribution in [0.15, 0.2) is 30.5 Å². The molecule has 5 unspecified atom stereocenters. The van der Waals surface area contributed by atoms with Gasteiger partial charge in [-0.15, -0.1) is 0 Å². The summed E-state index contributed by atoms with van der Waals surface area (Å²) in [6.07, 6.45) is 1.69. The number of aromatic amines is 1. The summed E-state index contributed by atoms with van der Waals surface area (Å²) in [4.78, 5) is 65.4. The molecule has 5 atom stereocenters. The summed E-state index contributed by atoms with van der Waals surface area (Å²) in [6, 6.07) is 2.38. The van der Waals surface area contributed by atoms with Gasteiger partial charge in [-0.25, -0.2) is 4.79 Å². The number of hydrogen-bond donors (Lipinski definition) is 7.